The number of ether oxygens (including phenoxy) is 2. The zero-order valence-corrected chi connectivity index (χ0v) is 17.7. The summed E-state index contributed by atoms with van der Waals surface area (Å²) in [6, 6.07) is 13.2. The highest BCUT2D eigenvalue weighted by Crippen LogP contribution is 2.27. The van der Waals surface area contributed by atoms with Gasteiger partial charge in [-0.05, 0) is 49.4 Å². The first-order valence-corrected chi connectivity index (χ1v) is 11.0. The van der Waals surface area contributed by atoms with Crippen LogP contribution >= 0.6 is 11.8 Å². The Labute approximate surface area is 176 Å². The van der Waals surface area contributed by atoms with Gasteiger partial charge in [0.2, 0.25) is 0 Å². The number of amides is 1. The fourth-order valence-electron chi connectivity index (χ4n) is 3.31. The third kappa shape index (κ3) is 5.84. The molecule has 0 saturated carbocycles. The number of nitrogens with one attached hydrogen (secondary N) is 1. The van der Waals surface area contributed by atoms with Crippen LogP contribution < -0.4 is 5.32 Å². The second kappa shape index (κ2) is 10.5. The van der Waals surface area contributed by atoms with Gasteiger partial charge in [0, 0.05) is 22.9 Å². The summed E-state index contributed by atoms with van der Waals surface area (Å²) in [5.74, 6) is -0.0272. The van der Waals surface area contributed by atoms with Crippen LogP contribution in [0.3, 0.4) is 0 Å². The smallest absolute Gasteiger partial charge is 0.339 e. The molecule has 2 aromatic carbocycles. The lowest BCUT2D eigenvalue weighted by Crippen LogP contribution is -2.22. The van der Waals surface area contributed by atoms with E-state index in [1.165, 1.54) is 0 Å². The molecular formula is C23H27NO4S. The molecule has 0 unspecified atom stereocenters. The number of esters is 1. The first-order chi connectivity index (χ1) is 14.1. The summed E-state index contributed by atoms with van der Waals surface area (Å²) in [5, 5.41) is 2.88. The quantitative estimate of drug-likeness (QED) is 0.505. The van der Waals surface area contributed by atoms with Crippen LogP contribution in [0.1, 0.15) is 41.3 Å². The number of thioether (sulfide) groups is 1. The van der Waals surface area contributed by atoms with Gasteiger partial charge in [0.15, 0.2) is 6.61 Å². The van der Waals surface area contributed by atoms with Gasteiger partial charge in [0.1, 0.15) is 0 Å². The van der Waals surface area contributed by atoms with Gasteiger partial charge in [-0.2, -0.15) is 0 Å². The van der Waals surface area contributed by atoms with Gasteiger partial charge in [0.25, 0.3) is 5.91 Å². The maximum absolute atomic E-state index is 12.6. The van der Waals surface area contributed by atoms with Crippen LogP contribution in [-0.2, 0) is 20.7 Å². The number of carbonyl (C=O) groups excluding carboxylic acids is 2. The number of para-hydroxylation sites is 1. The first kappa shape index (κ1) is 21.4. The molecule has 0 radical (unpaired) electrons. The average Bonchev–Trinajstić information content (AvgIpc) is 3.26. The summed E-state index contributed by atoms with van der Waals surface area (Å²) in [7, 11) is 0. The van der Waals surface area contributed by atoms with Crippen LogP contribution in [0.2, 0.25) is 0 Å². The van der Waals surface area contributed by atoms with E-state index >= 15 is 0 Å². The van der Waals surface area contributed by atoms with Crippen LogP contribution in [0.25, 0.3) is 0 Å². The van der Waals surface area contributed by atoms with Crippen molar-refractivity contribution < 1.29 is 19.1 Å². The largest absolute Gasteiger partial charge is 0.452 e. The molecule has 0 aromatic heterocycles. The normalized spacial score (nSPS) is 15.9. The Balaban J connectivity index is 1.57. The summed E-state index contributed by atoms with van der Waals surface area (Å²) in [6.45, 7) is 4.48. The predicted molar refractivity (Wildman–Crippen MR) is 116 cm³/mol. The fourth-order valence-corrected chi connectivity index (χ4v) is 4.42. The molecule has 3 rings (SSSR count). The number of anilines is 1. The Kier molecular flexibility index (Phi) is 7.72. The van der Waals surface area contributed by atoms with Crippen molar-refractivity contribution in [1.82, 2.24) is 0 Å². The summed E-state index contributed by atoms with van der Waals surface area (Å²) < 4.78 is 10.9. The molecule has 1 heterocycles. The number of rotatable bonds is 8. The minimum absolute atomic E-state index is 0.233. The second-order valence-electron chi connectivity index (χ2n) is 7.03. The molecule has 1 N–H and O–H groups in total. The van der Waals surface area contributed by atoms with Gasteiger partial charge >= 0.3 is 5.97 Å². The van der Waals surface area contributed by atoms with E-state index in [0.717, 1.165) is 53.3 Å². The Morgan fingerprint density at radius 3 is 2.79 bits per heavy atom. The van der Waals surface area contributed by atoms with Crippen LogP contribution in [0.4, 0.5) is 5.69 Å². The number of carbonyl (C=O) groups is 2. The lowest BCUT2D eigenvalue weighted by molar-refractivity contribution is -0.119. The van der Waals surface area contributed by atoms with Crippen LogP contribution in [-0.4, -0.2) is 36.9 Å². The molecule has 0 bridgehead atoms. The topological polar surface area (TPSA) is 64.6 Å². The van der Waals surface area contributed by atoms with Crippen molar-refractivity contribution in [3.05, 3.63) is 59.2 Å². The van der Waals surface area contributed by atoms with Crippen molar-refractivity contribution in [3.63, 3.8) is 0 Å². The molecule has 0 spiro atoms. The lowest BCUT2D eigenvalue weighted by atomic mass is 10.1. The fraction of sp³-hybridized carbons (Fsp3) is 0.391. The Morgan fingerprint density at radius 2 is 2.03 bits per heavy atom. The van der Waals surface area contributed by atoms with E-state index in [4.69, 9.17) is 9.47 Å². The predicted octanol–water partition coefficient (Wildman–Crippen LogP) is 4.62. The summed E-state index contributed by atoms with van der Waals surface area (Å²) >= 11 is 1.59. The van der Waals surface area contributed by atoms with Crippen LogP contribution in [0, 0.1) is 6.92 Å². The van der Waals surface area contributed by atoms with Crippen molar-refractivity contribution in [2.45, 2.75) is 44.1 Å². The average molecular weight is 414 g/mol. The molecule has 154 valence electrons. The third-order valence-corrected chi connectivity index (χ3v) is 6.10. The van der Waals surface area contributed by atoms with E-state index in [2.05, 4.69) is 5.32 Å². The highest BCUT2D eigenvalue weighted by molar-refractivity contribution is 7.99. The van der Waals surface area contributed by atoms with Gasteiger partial charge in [-0.1, -0.05) is 37.3 Å². The molecule has 6 heteroatoms. The minimum Gasteiger partial charge on any atom is -0.452 e. The molecule has 2 aromatic rings. The monoisotopic (exact) mass is 413 g/mol. The molecule has 5 nitrogen and oxygen atoms in total. The van der Waals surface area contributed by atoms with Gasteiger partial charge < -0.3 is 14.8 Å². The zero-order valence-electron chi connectivity index (χ0n) is 16.9. The number of aryl methyl sites for hydroxylation is 2. The lowest BCUT2D eigenvalue weighted by Gasteiger charge is -2.14. The van der Waals surface area contributed by atoms with Gasteiger partial charge in [-0.15, -0.1) is 11.8 Å². The van der Waals surface area contributed by atoms with E-state index in [9.17, 15) is 9.59 Å². The molecule has 0 aliphatic carbocycles. The molecule has 1 fully saturated rings. The molecule has 1 aliphatic rings. The van der Waals surface area contributed by atoms with E-state index in [-0.39, 0.29) is 18.6 Å². The maximum Gasteiger partial charge on any atom is 0.339 e. The molecule has 1 amide bonds. The Bertz CT molecular complexity index is 862. The van der Waals surface area contributed by atoms with E-state index < -0.39 is 5.97 Å². The highest BCUT2D eigenvalue weighted by Gasteiger charge is 2.19. The van der Waals surface area contributed by atoms with Crippen LogP contribution in [0.5, 0.6) is 0 Å². The van der Waals surface area contributed by atoms with Crippen molar-refractivity contribution in [1.29, 1.82) is 0 Å². The Morgan fingerprint density at radius 1 is 1.21 bits per heavy atom. The van der Waals surface area contributed by atoms with Crippen LogP contribution in [0.15, 0.2) is 47.4 Å². The summed E-state index contributed by atoms with van der Waals surface area (Å²) in [5.41, 5.74) is 3.32. The number of benzene rings is 2. The summed E-state index contributed by atoms with van der Waals surface area (Å²) in [6.07, 6.45) is 3.19. The second-order valence-corrected chi connectivity index (χ2v) is 8.09. The Hall–Kier alpha value is -2.31. The number of hydrogen-bond donors (Lipinski definition) is 1. The van der Waals surface area contributed by atoms with E-state index in [1.54, 1.807) is 23.9 Å². The van der Waals surface area contributed by atoms with Gasteiger partial charge in [-0.25, -0.2) is 4.79 Å². The van der Waals surface area contributed by atoms with Crippen molar-refractivity contribution >= 4 is 29.3 Å². The molecule has 1 atom stereocenters. The van der Waals surface area contributed by atoms with Crippen molar-refractivity contribution in [2.75, 3.05) is 24.3 Å². The molecule has 29 heavy (non-hydrogen) atoms. The van der Waals surface area contributed by atoms with E-state index in [0.29, 0.717) is 5.56 Å². The van der Waals surface area contributed by atoms with E-state index in [1.807, 2.05) is 44.2 Å². The number of hydrogen-bond acceptors (Lipinski definition) is 5. The third-order valence-electron chi connectivity index (χ3n) is 4.89. The summed E-state index contributed by atoms with van der Waals surface area (Å²) in [4.78, 5) is 25.8. The van der Waals surface area contributed by atoms with Gasteiger partial charge in [0.05, 0.1) is 11.7 Å². The standard InChI is InChI=1S/C23H27NO4S/c1-3-17-9-6-8-16(2)22(17)24-21(25)14-28-23(26)19-11-4-5-12-20(19)29-15-18-10-7-13-27-18/h4-6,8-9,11-12,18H,3,7,10,13-15H2,1-2H3,(H,24,25)/t18-/m1/s1. The molecule has 1 aliphatic heterocycles. The first-order valence-electron chi connectivity index (χ1n) is 9.97. The van der Waals surface area contributed by atoms with Crippen molar-refractivity contribution in [3.8, 4) is 0 Å². The SMILES string of the molecule is CCc1cccc(C)c1NC(=O)COC(=O)c1ccccc1SC[C@H]1CCCO1. The van der Waals surface area contributed by atoms with Gasteiger partial charge in [-0.3, -0.25) is 4.79 Å². The minimum atomic E-state index is -0.490. The molecular weight excluding hydrogens is 386 g/mol. The van der Waals surface area contributed by atoms with Crippen molar-refractivity contribution in [2.24, 2.45) is 0 Å². The zero-order chi connectivity index (χ0) is 20.6. The highest BCUT2D eigenvalue weighted by atomic mass is 32.2. The molecule has 1 saturated heterocycles. The maximum atomic E-state index is 12.6.